The van der Waals surface area contributed by atoms with Crippen molar-refractivity contribution >= 4 is 17.4 Å². The van der Waals surface area contributed by atoms with Gasteiger partial charge in [0.05, 0.1) is 6.54 Å². The third-order valence-corrected chi connectivity index (χ3v) is 1.91. The number of hydrogen-bond donors (Lipinski definition) is 1. The van der Waals surface area contributed by atoms with Crippen LogP contribution in [0.25, 0.3) is 0 Å². The molecule has 15 heavy (non-hydrogen) atoms. The molecule has 0 atom stereocenters. The molecule has 78 valence electrons. The topological polar surface area (TPSA) is 68.5 Å². The first-order valence-corrected chi connectivity index (χ1v) is 4.69. The molecule has 1 N–H and O–H groups in total. The lowest BCUT2D eigenvalue weighted by atomic mass is 10.5. The largest absolute Gasteiger partial charge is 0.361 e. The van der Waals surface area contributed by atoms with Crippen molar-refractivity contribution in [3.8, 4) is 0 Å². The Hall–Kier alpha value is -1.69. The highest BCUT2D eigenvalue weighted by atomic mass is 35.5. The first-order chi connectivity index (χ1) is 7.24. The fourth-order valence-corrected chi connectivity index (χ4v) is 1.15. The fourth-order valence-electron chi connectivity index (χ4n) is 1.04. The van der Waals surface area contributed by atoms with E-state index in [2.05, 4.69) is 25.6 Å². The van der Waals surface area contributed by atoms with Gasteiger partial charge in [0, 0.05) is 7.05 Å². The van der Waals surface area contributed by atoms with Gasteiger partial charge in [-0.2, -0.15) is 5.10 Å². The number of rotatable bonds is 3. The second-order valence-corrected chi connectivity index (χ2v) is 3.32. The molecule has 2 aromatic heterocycles. The normalized spacial score (nSPS) is 10.3. The van der Waals surface area contributed by atoms with Crippen LogP contribution in [0.15, 0.2) is 18.5 Å². The standard InChI is InChI=1S/C8H9ClN6/c1-15-5-11-8(14-15)4-10-7-3-2-6(9)12-13-7/h2-3,5H,4H2,1H3,(H,10,13). The summed E-state index contributed by atoms with van der Waals surface area (Å²) in [6.45, 7) is 0.511. The molecular weight excluding hydrogens is 216 g/mol. The highest BCUT2D eigenvalue weighted by Gasteiger charge is 1.99. The van der Waals surface area contributed by atoms with Gasteiger partial charge in [0.1, 0.15) is 12.1 Å². The SMILES string of the molecule is Cn1cnc(CNc2ccc(Cl)nn2)n1. The average molecular weight is 225 g/mol. The molecule has 0 aliphatic carbocycles. The smallest absolute Gasteiger partial charge is 0.169 e. The summed E-state index contributed by atoms with van der Waals surface area (Å²) in [6, 6.07) is 3.42. The van der Waals surface area contributed by atoms with E-state index in [1.807, 2.05) is 7.05 Å². The van der Waals surface area contributed by atoms with Crippen LogP contribution >= 0.6 is 11.6 Å². The van der Waals surface area contributed by atoms with E-state index < -0.39 is 0 Å². The van der Waals surface area contributed by atoms with E-state index in [0.29, 0.717) is 23.3 Å². The number of nitrogens with zero attached hydrogens (tertiary/aromatic N) is 5. The van der Waals surface area contributed by atoms with E-state index in [9.17, 15) is 0 Å². The lowest BCUT2D eigenvalue weighted by Gasteiger charge is -2.00. The summed E-state index contributed by atoms with van der Waals surface area (Å²) in [6.07, 6.45) is 1.64. The molecule has 0 aliphatic heterocycles. The quantitative estimate of drug-likeness (QED) is 0.838. The molecule has 7 heteroatoms. The number of nitrogens with one attached hydrogen (secondary N) is 1. The van der Waals surface area contributed by atoms with Crippen molar-refractivity contribution in [3.05, 3.63) is 29.4 Å². The monoisotopic (exact) mass is 224 g/mol. The maximum atomic E-state index is 5.60. The van der Waals surface area contributed by atoms with E-state index in [-0.39, 0.29) is 0 Å². The highest BCUT2D eigenvalue weighted by molar-refractivity contribution is 6.29. The van der Waals surface area contributed by atoms with Gasteiger partial charge in [-0.1, -0.05) is 11.6 Å². The molecule has 0 spiro atoms. The molecule has 6 nitrogen and oxygen atoms in total. The highest BCUT2D eigenvalue weighted by Crippen LogP contribution is 2.06. The van der Waals surface area contributed by atoms with Crippen molar-refractivity contribution in [3.63, 3.8) is 0 Å². The average Bonchev–Trinajstić information content (AvgIpc) is 2.64. The summed E-state index contributed by atoms with van der Waals surface area (Å²) in [7, 11) is 1.82. The molecule has 0 unspecified atom stereocenters. The lowest BCUT2D eigenvalue weighted by molar-refractivity contribution is 0.746. The van der Waals surface area contributed by atoms with Crippen molar-refractivity contribution in [1.29, 1.82) is 0 Å². The molecule has 0 bridgehead atoms. The Balaban J connectivity index is 1.96. The Kier molecular flexibility index (Phi) is 2.77. The first-order valence-electron chi connectivity index (χ1n) is 4.31. The Morgan fingerprint density at radius 3 is 2.87 bits per heavy atom. The Morgan fingerprint density at radius 2 is 2.27 bits per heavy atom. The van der Waals surface area contributed by atoms with Crippen LogP contribution in [-0.4, -0.2) is 25.0 Å². The minimum Gasteiger partial charge on any atom is -0.361 e. The number of halogens is 1. The number of hydrogen-bond acceptors (Lipinski definition) is 5. The Labute approximate surface area is 91.3 Å². The van der Waals surface area contributed by atoms with E-state index in [1.54, 1.807) is 23.1 Å². The zero-order valence-corrected chi connectivity index (χ0v) is 8.81. The predicted octanol–water partition coefficient (Wildman–Crippen LogP) is 0.871. The maximum Gasteiger partial charge on any atom is 0.169 e. The van der Waals surface area contributed by atoms with Crippen LogP contribution in [0.1, 0.15) is 5.82 Å². The zero-order valence-electron chi connectivity index (χ0n) is 8.05. The second kappa shape index (κ2) is 4.22. The minimum absolute atomic E-state index is 0.372. The van der Waals surface area contributed by atoms with Crippen LogP contribution in [0.4, 0.5) is 5.82 Å². The van der Waals surface area contributed by atoms with Crippen LogP contribution in [0, 0.1) is 0 Å². The molecule has 0 fully saturated rings. The Morgan fingerprint density at radius 1 is 1.40 bits per heavy atom. The molecule has 0 radical (unpaired) electrons. The van der Waals surface area contributed by atoms with Crippen LogP contribution in [0.3, 0.4) is 0 Å². The number of aryl methyl sites for hydroxylation is 1. The van der Waals surface area contributed by atoms with Gasteiger partial charge in [-0.15, -0.1) is 10.2 Å². The van der Waals surface area contributed by atoms with E-state index in [4.69, 9.17) is 11.6 Å². The second-order valence-electron chi connectivity index (χ2n) is 2.93. The van der Waals surface area contributed by atoms with Gasteiger partial charge in [-0.3, -0.25) is 4.68 Å². The summed E-state index contributed by atoms with van der Waals surface area (Å²) in [5.74, 6) is 1.35. The number of anilines is 1. The third kappa shape index (κ3) is 2.63. The van der Waals surface area contributed by atoms with Crippen molar-refractivity contribution < 1.29 is 0 Å². The van der Waals surface area contributed by atoms with E-state index in [0.717, 1.165) is 0 Å². The van der Waals surface area contributed by atoms with Gasteiger partial charge in [0.15, 0.2) is 11.0 Å². The third-order valence-electron chi connectivity index (χ3n) is 1.71. The van der Waals surface area contributed by atoms with Gasteiger partial charge < -0.3 is 5.32 Å². The van der Waals surface area contributed by atoms with Crippen molar-refractivity contribution in [1.82, 2.24) is 25.0 Å². The van der Waals surface area contributed by atoms with Gasteiger partial charge in [0.2, 0.25) is 0 Å². The van der Waals surface area contributed by atoms with Crippen molar-refractivity contribution in [2.45, 2.75) is 6.54 Å². The zero-order chi connectivity index (χ0) is 10.7. The summed E-state index contributed by atoms with van der Waals surface area (Å²) < 4.78 is 1.64. The van der Waals surface area contributed by atoms with E-state index >= 15 is 0 Å². The Bertz CT molecular complexity index is 437. The van der Waals surface area contributed by atoms with Gasteiger partial charge in [-0.05, 0) is 12.1 Å². The van der Waals surface area contributed by atoms with Crippen LogP contribution < -0.4 is 5.32 Å². The summed E-state index contributed by atoms with van der Waals surface area (Å²) >= 11 is 5.60. The fraction of sp³-hybridized carbons (Fsp3) is 0.250. The molecule has 2 heterocycles. The molecule has 0 aliphatic rings. The van der Waals surface area contributed by atoms with Crippen molar-refractivity contribution in [2.24, 2.45) is 7.05 Å². The van der Waals surface area contributed by atoms with Crippen molar-refractivity contribution in [2.75, 3.05) is 5.32 Å². The maximum absolute atomic E-state index is 5.60. The summed E-state index contributed by atoms with van der Waals surface area (Å²) in [5.41, 5.74) is 0. The van der Waals surface area contributed by atoms with Crippen LogP contribution in [-0.2, 0) is 13.6 Å². The molecule has 0 amide bonds. The van der Waals surface area contributed by atoms with Gasteiger partial charge >= 0.3 is 0 Å². The summed E-state index contributed by atoms with van der Waals surface area (Å²) in [4.78, 5) is 4.06. The number of aromatic nitrogens is 5. The molecule has 0 saturated carbocycles. The summed E-state index contributed by atoms with van der Waals surface area (Å²) in [5, 5.41) is 15.1. The van der Waals surface area contributed by atoms with E-state index in [1.165, 1.54) is 0 Å². The van der Waals surface area contributed by atoms with Crippen LogP contribution in [0.5, 0.6) is 0 Å². The molecule has 0 aromatic carbocycles. The predicted molar refractivity (Wildman–Crippen MR) is 55.4 cm³/mol. The lowest BCUT2D eigenvalue weighted by Crippen LogP contribution is -2.04. The van der Waals surface area contributed by atoms with Crippen LogP contribution in [0.2, 0.25) is 5.15 Å². The minimum atomic E-state index is 0.372. The van der Waals surface area contributed by atoms with Gasteiger partial charge in [-0.25, -0.2) is 4.98 Å². The van der Waals surface area contributed by atoms with Gasteiger partial charge in [0.25, 0.3) is 0 Å². The molecule has 2 rings (SSSR count). The molecular formula is C8H9ClN6. The molecule has 2 aromatic rings. The first kappa shape index (κ1) is 9.85. The molecule has 0 saturated heterocycles.